The summed E-state index contributed by atoms with van der Waals surface area (Å²) in [4.78, 5) is 0. The summed E-state index contributed by atoms with van der Waals surface area (Å²) >= 11 is 12.7. The number of hydrogen-bond donors (Lipinski definition) is 0. The molecule has 0 fully saturated rings. The van der Waals surface area contributed by atoms with E-state index in [2.05, 4.69) is 0 Å². The lowest BCUT2D eigenvalue weighted by molar-refractivity contribution is 0.297. The van der Waals surface area contributed by atoms with E-state index in [0.717, 1.165) is 6.42 Å². The van der Waals surface area contributed by atoms with Crippen LogP contribution in [-0.2, 0) is 0 Å². The van der Waals surface area contributed by atoms with Crippen LogP contribution in [0.3, 0.4) is 0 Å². The summed E-state index contributed by atoms with van der Waals surface area (Å²) in [5, 5.41) is -0.252. The molecule has 2 aromatic carbocycles. The highest BCUT2D eigenvalue weighted by atomic mass is 35.5. The largest absolute Gasteiger partial charge is 0.490 e. The van der Waals surface area contributed by atoms with E-state index < -0.39 is 5.38 Å². The highest BCUT2D eigenvalue weighted by molar-refractivity contribution is 6.33. The first kappa shape index (κ1) is 14.5. The van der Waals surface area contributed by atoms with Crippen molar-refractivity contribution in [2.45, 2.75) is 11.8 Å². The Labute approximate surface area is 132 Å². The summed E-state index contributed by atoms with van der Waals surface area (Å²) in [6, 6.07) is 9.79. The van der Waals surface area contributed by atoms with Gasteiger partial charge in [0.15, 0.2) is 11.5 Å². The van der Waals surface area contributed by atoms with E-state index in [0.29, 0.717) is 40.9 Å². The molecule has 1 heterocycles. The third-order valence-corrected chi connectivity index (χ3v) is 4.12. The van der Waals surface area contributed by atoms with Crippen molar-refractivity contribution in [1.29, 1.82) is 0 Å². The molecule has 2 aromatic rings. The third kappa shape index (κ3) is 2.94. The van der Waals surface area contributed by atoms with E-state index in [4.69, 9.17) is 32.7 Å². The molecule has 0 spiro atoms. The van der Waals surface area contributed by atoms with Gasteiger partial charge in [0.05, 0.1) is 18.6 Å². The minimum atomic E-state index is -0.684. The quantitative estimate of drug-likeness (QED) is 0.725. The number of benzene rings is 2. The molecule has 0 radical (unpaired) electrons. The Bertz CT molecular complexity index is 661. The summed E-state index contributed by atoms with van der Waals surface area (Å²) in [5.41, 5.74) is 0.989. The molecule has 0 bridgehead atoms. The number of fused-ring (bicyclic) bond motifs is 1. The number of ether oxygens (including phenoxy) is 2. The topological polar surface area (TPSA) is 18.5 Å². The summed E-state index contributed by atoms with van der Waals surface area (Å²) in [6.07, 6.45) is 0.805. The number of halogens is 3. The number of alkyl halides is 1. The molecule has 21 heavy (non-hydrogen) atoms. The fraction of sp³-hybridized carbons (Fsp3) is 0.250. The standard InChI is InChI=1S/C16H13Cl2FO2/c17-12-9-15-14(20-6-3-7-21-15)8-11(12)16(18)10-4-1-2-5-13(10)19/h1-2,4-5,8-9,16H,3,6-7H2. The number of hydrogen-bond acceptors (Lipinski definition) is 2. The van der Waals surface area contributed by atoms with Gasteiger partial charge in [-0.05, 0) is 17.7 Å². The van der Waals surface area contributed by atoms with Crippen LogP contribution in [0.5, 0.6) is 11.5 Å². The van der Waals surface area contributed by atoms with Crippen LogP contribution < -0.4 is 9.47 Å². The SMILES string of the molecule is Fc1ccccc1C(Cl)c1cc2c(cc1Cl)OCCCO2. The summed E-state index contributed by atoms with van der Waals surface area (Å²) in [5.74, 6) is 0.827. The highest BCUT2D eigenvalue weighted by Gasteiger charge is 2.21. The minimum Gasteiger partial charge on any atom is -0.490 e. The van der Waals surface area contributed by atoms with Crippen molar-refractivity contribution in [3.05, 3.63) is 58.4 Å². The zero-order valence-electron chi connectivity index (χ0n) is 11.1. The van der Waals surface area contributed by atoms with E-state index in [1.165, 1.54) is 6.07 Å². The molecule has 1 aliphatic rings. The maximum Gasteiger partial charge on any atom is 0.162 e. The average molecular weight is 327 g/mol. The van der Waals surface area contributed by atoms with Gasteiger partial charge in [-0.15, -0.1) is 11.6 Å². The lowest BCUT2D eigenvalue weighted by Crippen LogP contribution is -2.00. The molecule has 110 valence electrons. The van der Waals surface area contributed by atoms with Crippen LogP contribution in [0.25, 0.3) is 0 Å². The van der Waals surface area contributed by atoms with Crippen LogP contribution in [0.2, 0.25) is 5.02 Å². The minimum absolute atomic E-state index is 0.360. The third-order valence-electron chi connectivity index (χ3n) is 3.32. The molecule has 0 amide bonds. The Hall–Kier alpha value is -1.45. The van der Waals surface area contributed by atoms with E-state index >= 15 is 0 Å². The van der Waals surface area contributed by atoms with Gasteiger partial charge >= 0.3 is 0 Å². The van der Waals surface area contributed by atoms with E-state index in [1.807, 2.05) is 0 Å². The van der Waals surface area contributed by atoms with Gasteiger partial charge in [-0.2, -0.15) is 0 Å². The Kier molecular flexibility index (Phi) is 4.22. The summed E-state index contributed by atoms with van der Waals surface area (Å²) in [6.45, 7) is 1.15. The predicted molar refractivity (Wildman–Crippen MR) is 81.2 cm³/mol. The fourth-order valence-electron chi connectivity index (χ4n) is 2.24. The maximum atomic E-state index is 13.9. The van der Waals surface area contributed by atoms with Crippen LogP contribution in [-0.4, -0.2) is 13.2 Å². The molecule has 3 rings (SSSR count). The smallest absolute Gasteiger partial charge is 0.162 e. The molecule has 0 saturated heterocycles. The maximum absolute atomic E-state index is 13.9. The Balaban J connectivity index is 2.02. The second kappa shape index (κ2) is 6.12. The van der Waals surface area contributed by atoms with Crippen molar-refractivity contribution >= 4 is 23.2 Å². The van der Waals surface area contributed by atoms with Gasteiger partial charge in [0.2, 0.25) is 0 Å². The van der Waals surface area contributed by atoms with Gasteiger partial charge in [0, 0.05) is 23.1 Å². The first-order chi connectivity index (χ1) is 10.2. The number of rotatable bonds is 2. The van der Waals surface area contributed by atoms with Gasteiger partial charge < -0.3 is 9.47 Å². The zero-order chi connectivity index (χ0) is 14.8. The fourth-order valence-corrected chi connectivity index (χ4v) is 2.92. The molecule has 1 unspecified atom stereocenters. The van der Waals surface area contributed by atoms with Crippen LogP contribution in [0.15, 0.2) is 36.4 Å². The van der Waals surface area contributed by atoms with E-state index in [1.54, 1.807) is 30.3 Å². The van der Waals surface area contributed by atoms with Gasteiger partial charge in [0.25, 0.3) is 0 Å². The van der Waals surface area contributed by atoms with Gasteiger partial charge in [-0.25, -0.2) is 4.39 Å². The Morgan fingerprint density at radius 3 is 2.38 bits per heavy atom. The van der Waals surface area contributed by atoms with Gasteiger partial charge in [-0.1, -0.05) is 29.8 Å². The van der Waals surface area contributed by atoms with Crippen LogP contribution in [0.1, 0.15) is 22.9 Å². The molecule has 0 saturated carbocycles. The first-order valence-corrected chi connectivity index (χ1v) is 7.46. The normalized spacial score (nSPS) is 15.4. The molecule has 0 N–H and O–H groups in total. The van der Waals surface area contributed by atoms with Crippen molar-refractivity contribution in [2.75, 3.05) is 13.2 Å². The van der Waals surface area contributed by atoms with E-state index in [9.17, 15) is 4.39 Å². The second-order valence-corrected chi connectivity index (χ2v) is 5.60. The average Bonchev–Trinajstić information content (AvgIpc) is 2.71. The molecular formula is C16H13Cl2FO2. The van der Waals surface area contributed by atoms with Crippen molar-refractivity contribution in [3.63, 3.8) is 0 Å². The molecule has 2 nitrogen and oxygen atoms in total. The van der Waals surface area contributed by atoms with Crippen LogP contribution in [0.4, 0.5) is 4.39 Å². The Morgan fingerprint density at radius 1 is 1.00 bits per heavy atom. The first-order valence-electron chi connectivity index (χ1n) is 6.64. The van der Waals surface area contributed by atoms with E-state index in [-0.39, 0.29) is 5.82 Å². The molecule has 0 aromatic heterocycles. The van der Waals surface area contributed by atoms with Gasteiger partial charge in [0.1, 0.15) is 5.82 Å². The Morgan fingerprint density at radius 2 is 1.67 bits per heavy atom. The summed E-state index contributed by atoms with van der Waals surface area (Å²) in [7, 11) is 0. The van der Waals surface area contributed by atoms with Crippen LogP contribution >= 0.6 is 23.2 Å². The second-order valence-electron chi connectivity index (χ2n) is 4.76. The zero-order valence-corrected chi connectivity index (χ0v) is 12.6. The lowest BCUT2D eigenvalue weighted by atomic mass is 10.0. The molecule has 0 aliphatic carbocycles. The van der Waals surface area contributed by atoms with Crippen LogP contribution in [0, 0.1) is 5.82 Å². The monoisotopic (exact) mass is 326 g/mol. The lowest BCUT2D eigenvalue weighted by Gasteiger charge is -2.16. The molecular weight excluding hydrogens is 314 g/mol. The predicted octanol–water partition coefficient (Wildman–Crippen LogP) is 4.97. The van der Waals surface area contributed by atoms with Gasteiger partial charge in [-0.3, -0.25) is 0 Å². The molecule has 1 aliphatic heterocycles. The van der Waals surface area contributed by atoms with Crippen molar-refractivity contribution in [1.82, 2.24) is 0 Å². The summed E-state index contributed by atoms with van der Waals surface area (Å²) < 4.78 is 25.1. The van der Waals surface area contributed by atoms with Crippen molar-refractivity contribution in [3.8, 4) is 11.5 Å². The molecule has 5 heteroatoms. The highest BCUT2D eigenvalue weighted by Crippen LogP contribution is 2.41. The van der Waals surface area contributed by atoms with Crippen molar-refractivity contribution < 1.29 is 13.9 Å². The van der Waals surface area contributed by atoms with Crippen molar-refractivity contribution in [2.24, 2.45) is 0 Å². The molecule has 1 atom stereocenters.